The average molecular weight is 211 g/mol. The average Bonchev–Trinajstić information content (AvgIpc) is 2.17. The Labute approximate surface area is 87.3 Å². The van der Waals surface area contributed by atoms with Crippen LogP contribution in [0.4, 0.5) is 5.95 Å². The topological polar surface area (TPSA) is 84.3 Å². The van der Waals surface area contributed by atoms with Gasteiger partial charge in [0.1, 0.15) is 5.54 Å². The number of nitrogens with zero attached hydrogens (tertiary/aromatic N) is 2. The third-order valence-corrected chi connectivity index (χ3v) is 1.80. The molecule has 1 aromatic rings. The van der Waals surface area contributed by atoms with E-state index in [1.807, 2.05) is 0 Å². The minimum Gasteiger partial charge on any atom is -0.481 e. The molecule has 0 bridgehead atoms. The fraction of sp³-hybridized carbons (Fsp3) is 0.444. The normalized spacial score (nSPS) is 10.9. The number of carboxylic acid groups (broad SMARTS) is 1. The molecule has 0 saturated heterocycles. The highest BCUT2D eigenvalue weighted by atomic mass is 16.5. The molecule has 0 aromatic carbocycles. The second kappa shape index (κ2) is 4.12. The van der Waals surface area contributed by atoms with Crippen LogP contribution in [0.15, 0.2) is 12.3 Å². The van der Waals surface area contributed by atoms with Gasteiger partial charge in [0.15, 0.2) is 0 Å². The van der Waals surface area contributed by atoms with Crippen molar-refractivity contribution in [1.29, 1.82) is 0 Å². The number of aliphatic carboxylic acids is 1. The van der Waals surface area contributed by atoms with E-state index in [2.05, 4.69) is 15.3 Å². The molecule has 0 unspecified atom stereocenters. The highest BCUT2D eigenvalue weighted by Crippen LogP contribution is 2.13. The summed E-state index contributed by atoms with van der Waals surface area (Å²) in [5.41, 5.74) is -1.12. The maximum Gasteiger partial charge on any atom is 0.328 e. The molecule has 1 rings (SSSR count). The quantitative estimate of drug-likeness (QED) is 0.764. The lowest BCUT2D eigenvalue weighted by atomic mass is 10.1. The molecule has 82 valence electrons. The van der Waals surface area contributed by atoms with Crippen molar-refractivity contribution in [1.82, 2.24) is 9.97 Å². The smallest absolute Gasteiger partial charge is 0.328 e. The maximum atomic E-state index is 10.8. The van der Waals surface area contributed by atoms with E-state index >= 15 is 0 Å². The summed E-state index contributed by atoms with van der Waals surface area (Å²) in [7, 11) is 1.48. The number of nitrogens with one attached hydrogen (secondary N) is 1. The number of aromatic nitrogens is 2. The lowest BCUT2D eigenvalue weighted by Gasteiger charge is -2.20. The predicted octanol–water partition coefficient (Wildman–Crippen LogP) is 0.760. The van der Waals surface area contributed by atoms with Crippen LogP contribution in [-0.4, -0.2) is 33.7 Å². The van der Waals surface area contributed by atoms with Crippen molar-refractivity contribution >= 4 is 11.9 Å². The summed E-state index contributed by atoms with van der Waals surface area (Å²) in [6, 6.07) is 1.58. The molecule has 6 nitrogen and oxygen atoms in total. The Hall–Kier alpha value is -1.85. The van der Waals surface area contributed by atoms with Gasteiger partial charge in [-0.1, -0.05) is 0 Å². The molecule has 0 amide bonds. The molecule has 2 N–H and O–H groups in total. The van der Waals surface area contributed by atoms with Gasteiger partial charge in [-0.05, 0) is 13.8 Å². The highest BCUT2D eigenvalue weighted by Gasteiger charge is 2.27. The fourth-order valence-corrected chi connectivity index (χ4v) is 0.849. The third-order valence-electron chi connectivity index (χ3n) is 1.80. The van der Waals surface area contributed by atoms with Gasteiger partial charge in [-0.15, -0.1) is 0 Å². The summed E-state index contributed by atoms with van der Waals surface area (Å²) in [4.78, 5) is 18.7. The molecule has 15 heavy (non-hydrogen) atoms. The number of methoxy groups -OCH3 is 1. The van der Waals surface area contributed by atoms with Crippen LogP contribution in [0.25, 0.3) is 0 Å². The van der Waals surface area contributed by atoms with E-state index in [1.54, 1.807) is 6.07 Å². The Morgan fingerprint density at radius 3 is 2.80 bits per heavy atom. The first-order chi connectivity index (χ1) is 6.95. The molecule has 0 spiro atoms. The van der Waals surface area contributed by atoms with Crippen LogP contribution in [0.2, 0.25) is 0 Å². The van der Waals surface area contributed by atoms with Crippen molar-refractivity contribution in [3.05, 3.63) is 12.3 Å². The summed E-state index contributed by atoms with van der Waals surface area (Å²) >= 11 is 0. The van der Waals surface area contributed by atoms with Crippen LogP contribution in [0.1, 0.15) is 13.8 Å². The van der Waals surface area contributed by atoms with E-state index in [0.29, 0.717) is 5.88 Å². The van der Waals surface area contributed by atoms with E-state index in [9.17, 15) is 4.79 Å². The van der Waals surface area contributed by atoms with Gasteiger partial charge in [0.05, 0.1) is 7.11 Å². The SMILES string of the molecule is COc1ccnc(NC(C)(C)C(=O)O)n1. The van der Waals surface area contributed by atoms with E-state index in [4.69, 9.17) is 9.84 Å². The predicted molar refractivity (Wildman–Crippen MR) is 53.9 cm³/mol. The van der Waals surface area contributed by atoms with Crippen LogP contribution in [-0.2, 0) is 4.79 Å². The Morgan fingerprint density at radius 2 is 2.27 bits per heavy atom. The first-order valence-corrected chi connectivity index (χ1v) is 4.34. The van der Waals surface area contributed by atoms with Crippen molar-refractivity contribution in [2.75, 3.05) is 12.4 Å². The number of rotatable bonds is 4. The molecule has 6 heteroatoms. The van der Waals surface area contributed by atoms with Crippen LogP contribution in [0, 0.1) is 0 Å². The molecule has 1 heterocycles. The van der Waals surface area contributed by atoms with Crippen LogP contribution < -0.4 is 10.1 Å². The van der Waals surface area contributed by atoms with Crippen molar-refractivity contribution in [3.63, 3.8) is 0 Å². The fourth-order valence-electron chi connectivity index (χ4n) is 0.849. The zero-order valence-electron chi connectivity index (χ0n) is 8.81. The number of hydrogen-bond acceptors (Lipinski definition) is 5. The van der Waals surface area contributed by atoms with Crippen molar-refractivity contribution in [3.8, 4) is 5.88 Å². The second-order valence-corrected chi connectivity index (χ2v) is 3.48. The Balaban J connectivity index is 2.85. The summed E-state index contributed by atoms with van der Waals surface area (Å²) in [5, 5.41) is 11.6. The van der Waals surface area contributed by atoms with Gasteiger partial charge < -0.3 is 15.2 Å². The number of hydrogen-bond donors (Lipinski definition) is 2. The zero-order valence-corrected chi connectivity index (χ0v) is 8.81. The first-order valence-electron chi connectivity index (χ1n) is 4.34. The largest absolute Gasteiger partial charge is 0.481 e. The summed E-state index contributed by atoms with van der Waals surface area (Å²) in [6.45, 7) is 3.05. The molecule has 0 radical (unpaired) electrons. The van der Waals surface area contributed by atoms with Gasteiger partial charge in [0, 0.05) is 12.3 Å². The van der Waals surface area contributed by atoms with Crippen LogP contribution >= 0.6 is 0 Å². The van der Waals surface area contributed by atoms with E-state index < -0.39 is 11.5 Å². The molecular formula is C9H13N3O3. The first kappa shape index (κ1) is 11.2. The van der Waals surface area contributed by atoms with Crippen molar-refractivity contribution in [2.45, 2.75) is 19.4 Å². The van der Waals surface area contributed by atoms with Crippen molar-refractivity contribution < 1.29 is 14.6 Å². The Bertz CT molecular complexity index is 365. The number of carbonyl (C=O) groups is 1. The molecule has 0 aliphatic heterocycles. The summed E-state index contributed by atoms with van der Waals surface area (Å²) in [5.74, 6) is -0.371. The van der Waals surface area contributed by atoms with Gasteiger partial charge in [0.25, 0.3) is 0 Å². The second-order valence-electron chi connectivity index (χ2n) is 3.48. The summed E-state index contributed by atoms with van der Waals surface area (Å²) < 4.78 is 4.89. The molecule has 0 atom stereocenters. The highest BCUT2D eigenvalue weighted by molar-refractivity contribution is 5.80. The standard InChI is InChI=1S/C9H13N3O3/c1-9(2,7(13)14)12-8-10-5-4-6(11-8)15-3/h4-5H,1-3H3,(H,13,14)(H,10,11,12). The maximum absolute atomic E-state index is 10.8. The van der Waals surface area contributed by atoms with Gasteiger partial charge in [0.2, 0.25) is 11.8 Å². The van der Waals surface area contributed by atoms with E-state index in [1.165, 1.54) is 27.2 Å². The summed E-state index contributed by atoms with van der Waals surface area (Å²) in [6.07, 6.45) is 1.49. The molecule has 0 fully saturated rings. The molecule has 0 saturated carbocycles. The van der Waals surface area contributed by atoms with Gasteiger partial charge in [-0.2, -0.15) is 4.98 Å². The van der Waals surface area contributed by atoms with E-state index in [0.717, 1.165) is 0 Å². The zero-order chi connectivity index (χ0) is 11.5. The Morgan fingerprint density at radius 1 is 1.60 bits per heavy atom. The number of anilines is 1. The van der Waals surface area contributed by atoms with Gasteiger partial charge >= 0.3 is 5.97 Å². The lowest BCUT2D eigenvalue weighted by molar-refractivity contribution is -0.141. The van der Waals surface area contributed by atoms with Crippen LogP contribution in [0.3, 0.4) is 0 Å². The monoisotopic (exact) mass is 211 g/mol. The molecule has 0 aliphatic carbocycles. The van der Waals surface area contributed by atoms with Gasteiger partial charge in [-0.25, -0.2) is 9.78 Å². The van der Waals surface area contributed by atoms with Crippen LogP contribution in [0.5, 0.6) is 5.88 Å². The minimum atomic E-state index is -1.12. The third kappa shape index (κ3) is 2.80. The van der Waals surface area contributed by atoms with Crippen molar-refractivity contribution in [2.24, 2.45) is 0 Å². The lowest BCUT2D eigenvalue weighted by Crippen LogP contribution is -2.40. The van der Waals surface area contributed by atoms with Gasteiger partial charge in [-0.3, -0.25) is 0 Å². The minimum absolute atomic E-state index is 0.224. The van der Waals surface area contributed by atoms with E-state index in [-0.39, 0.29) is 5.95 Å². The molecule has 0 aliphatic rings. The molecular weight excluding hydrogens is 198 g/mol. The number of carboxylic acids is 1. The Kier molecular flexibility index (Phi) is 3.08. The number of ether oxygens (including phenoxy) is 1. The molecule has 1 aromatic heterocycles.